The van der Waals surface area contributed by atoms with E-state index in [2.05, 4.69) is 24.1 Å². The van der Waals surface area contributed by atoms with Crippen molar-refractivity contribution in [3.05, 3.63) is 22.9 Å². The smallest absolute Gasteiger partial charge is 0.252 e. The van der Waals surface area contributed by atoms with E-state index in [0.29, 0.717) is 24.5 Å². The van der Waals surface area contributed by atoms with Gasteiger partial charge in [-0.1, -0.05) is 13.8 Å². The van der Waals surface area contributed by atoms with Crippen molar-refractivity contribution in [2.45, 2.75) is 34.1 Å². The summed E-state index contributed by atoms with van der Waals surface area (Å²) in [7, 11) is 0. The third kappa shape index (κ3) is 4.21. The molecule has 0 aliphatic rings. The Labute approximate surface area is 114 Å². The molecule has 0 fully saturated rings. The number of carbonyl (C=O) groups excluding carboxylic acids is 1. The summed E-state index contributed by atoms with van der Waals surface area (Å²) in [5, 5.41) is 3.23. The second-order valence-electron chi connectivity index (χ2n) is 5.72. The van der Waals surface area contributed by atoms with Gasteiger partial charge in [0.15, 0.2) is 0 Å². The molecular weight excluding hydrogens is 240 g/mol. The Morgan fingerprint density at radius 2 is 2.05 bits per heavy atom. The number of aryl methyl sites for hydroxylation is 2. The molecule has 5 nitrogen and oxygen atoms in total. The second-order valence-corrected chi connectivity index (χ2v) is 5.72. The number of carbonyl (C=O) groups is 1. The van der Waals surface area contributed by atoms with E-state index >= 15 is 0 Å². The van der Waals surface area contributed by atoms with E-state index in [4.69, 9.17) is 11.5 Å². The molecule has 0 atom stereocenters. The molecule has 5 heteroatoms. The predicted octanol–water partition coefficient (Wildman–Crippen LogP) is 1.58. The van der Waals surface area contributed by atoms with Gasteiger partial charge in [-0.05, 0) is 43.9 Å². The van der Waals surface area contributed by atoms with Gasteiger partial charge in [0, 0.05) is 12.2 Å². The zero-order valence-corrected chi connectivity index (χ0v) is 12.2. The Hall–Kier alpha value is -1.62. The number of hydrogen-bond donors (Lipinski definition) is 3. The van der Waals surface area contributed by atoms with E-state index in [-0.39, 0.29) is 5.41 Å². The number of aromatic nitrogens is 1. The van der Waals surface area contributed by atoms with E-state index in [9.17, 15) is 4.79 Å². The van der Waals surface area contributed by atoms with Gasteiger partial charge in [-0.3, -0.25) is 4.79 Å². The lowest BCUT2D eigenvalue weighted by molar-refractivity contribution is 0.1000. The number of nitrogens with zero attached hydrogens (tertiary/aromatic N) is 1. The molecule has 5 N–H and O–H groups in total. The minimum atomic E-state index is -0.455. The van der Waals surface area contributed by atoms with Gasteiger partial charge in [0.05, 0.1) is 5.56 Å². The molecule has 1 heterocycles. The first-order valence-electron chi connectivity index (χ1n) is 6.49. The molecule has 1 aromatic rings. The van der Waals surface area contributed by atoms with Gasteiger partial charge in [-0.15, -0.1) is 0 Å². The number of anilines is 1. The van der Waals surface area contributed by atoms with E-state index in [0.717, 1.165) is 17.7 Å². The largest absolute Gasteiger partial charge is 0.369 e. The molecular formula is C14H24N4O. The van der Waals surface area contributed by atoms with Crippen molar-refractivity contribution in [1.29, 1.82) is 0 Å². The molecule has 0 saturated carbocycles. The number of pyridine rings is 1. The van der Waals surface area contributed by atoms with Crippen LogP contribution < -0.4 is 16.8 Å². The highest BCUT2D eigenvalue weighted by Crippen LogP contribution is 2.23. The van der Waals surface area contributed by atoms with Crippen molar-refractivity contribution < 1.29 is 4.79 Å². The van der Waals surface area contributed by atoms with Crippen molar-refractivity contribution >= 4 is 11.7 Å². The van der Waals surface area contributed by atoms with Gasteiger partial charge in [-0.25, -0.2) is 4.98 Å². The lowest BCUT2D eigenvalue weighted by atomic mass is 9.89. The quantitative estimate of drug-likeness (QED) is 0.727. The summed E-state index contributed by atoms with van der Waals surface area (Å²) in [6.45, 7) is 9.34. The zero-order valence-electron chi connectivity index (χ0n) is 12.2. The lowest BCUT2D eigenvalue weighted by Crippen LogP contribution is -2.28. The van der Waals surface area contributed by atoms with Crippen LogP contribution in [0, 0.1) is 19.3 Å². The summed E-state index contributed by atoms with van der Waals surface area (Å²) in [6.07, 6.45) is 0.900. The molecule has 0 bridgehead atoms. The third-order valence-corrected chi connectivity index (χ3v) is 3.15. The van der Waals surface area contributed by atoms with Crippen LogP contribution in [0.2, 0.25) is 0 Å². The van der Waals surface area contributed by atoms with Crippen molar-refractivity contribution in [3.8, 4) is 0 Å². The second kappa shape index (κ2) is 6.02. The van der Waals surface area contributed by atoms with Gasteiger partial charge < -0.3 is 16.8 Å². The Morgan fingerprint density at radius 1 is 1.42 bits per heavy atom. The summed E-state index contributed by atoms with van der Waals surface area (Å²) in [6, 6.07) is 1.86. The highest BCUT2D eigenvalue weighted by atomic mass is 16.1. The fourth-order valence-corrected chi connectivity index (χ4v) is 2.08. The summed E-state index contributed by atoms with van der Waals surface area (Å²) >= 11 is 0. The normalized spacial score (nSPS) is 11.4. The molecule has 0 aliphatic carbocycles. The maximum absolute atomic E-state index is 11.5. The molecule has 0 radical (unpaired) electrons. The number of nitrogens with two attached hydrogens (primary N) is 2. The Balaban J connectivity index is 2.97. The maximum Gasteiger partial charge on any atom is 0.252 e. The predicted molar refractivity (Wildman–Crippen MR) is 78.2 cm³/mol. The fraction of sp³-hybridized carbons (Fsp3) is 0.571. The first-order chi connectivity index (χ1) is 8.76. The van der Waals surface area contributed by atoms with Gasteiger partial charge in [0.2, 0.25) is 0 Å². The van der Waals surface area contributed by atoms with Crippen molar-refractivity contribution in [1.82, 2.24) is 4.98 Å². The summed E-state index contributed by atoms with van der Waals surface area (Å²) in [5.74, 6) is 0.110. The van der Waals surface area contributed by atoms with Gasteiger partial charge in [-0.2, -0.15) is 0 Å². The van der Waals surface area contributed by atoms with Crippen LogP contribution in [0.4, 0.5) is 5.82 Å². The molecule has 0 saturated heterocycles. The van der Waals surface area contributed by atoms with E-state index < -0.39 is 5.91 Å². The molecule has 1 rings (SSSR count). The topological polar surface area (TPSA) is 94.0 Å². The maximum atomic E-state index is 11.5. The van der Waals surface area contributed by atoms with E-state index in [1.54, 1.807) is 0 Å². The van der Waals surface area contributed by atoms with Crippen molar-refractivity contribution in [2.75, 3.05) is 18.4 Å². The Morgan fingerprint density at radius 3 is 2.58 bits per heavy atom. The van der Waals surface area contributed by atoms with E-state index in [1.807, 2.05) is 19.9 Å². The van der Waals surface area contributed by atoms with Gasteiger partial charge in [0.1, 0.15) is 5.82 Å². The molecule has 0 aromatic carbocycles. The Bertz CT molecular complexity index is 469. The van der Waals surface area contributed by atoms with Crippen LogP contribution in [0.5, 0.6) is 0 Å². The highest BCUT2D eigenvalue weighted by Gasteiger charge is 2.19. The van der Waals surface area contributed by atoms with Crippen molar-refractivity contribution in [2.24, 2.45) is 16.9 Å². The summed E-state index contributed by atoms with van der Waals surface area (Å²) in [4.78, 5) is 15.9. The number of hydrogen-bond acceptors (Lipinski definition) is 4. The molecule has 0 spiro atoms. The first kappa shape index (κ1) is 15.4. The summed E-state index contributed by atoms with van der Waals surface area (Å²) < 4.78 is 0. The van der Waals surface area contributed by atoms with Gasteiger partial charge >= 0.3 is 0 Å². The number of amides is 1. The van der Waals surface area contributed by atoms with Crippen LogP contribution in [0.3, 0.4) is 0 Å². The van der Waals surface area contributed by atoms with Crippen LogP contribution in [0.1, 0.15) is 41.9 Å². The standard InChI is InChI=1S/C14H24N4O/c1-9-7-10(2)18-13(11(9)12(16)19)17-8-14(3,4)5-6-15/h7H,5-6,8,15H2,1-4H3,(H2,16,19)(H,17,18). The highest BCUT2D eigenvalue weighted by molar-refractivity contribution is 5.99. The van der Waals surface area contributed by atoms with Crippen LogP contribution >= 0.6 is 0 Å². The van der Waals surface area contributed by atoms with Crippen LogP contribution in [-0.2, 0) is 0 Å². The van der Waals surface area contributed by atoms with Gasteiger partial charge in [0.25, 0.3) is 5.91 Å². The molecule has 1 amide bonds. The molecule has 106 valence electrons. The van der Waals surface area contributed by atoms with Crippen LogP contribution in [0.25, 0.3) is 0 Å². The molecule has 0 aliphatic heterocycles. The molecule has 0 unspecified atom stereocenters. The minimum absolute atomic E-state index is 0.0446. The fourth-order valence-electron chi connectivity index (χ4n) is 2.08. The first-order valence-corrected chi connectivity index (χ1v) is 6.49. The van der Waals surface area contributed by atoms with Crippen molar-refractivity contribution in [3.63, 3.8) is 0 Å². The molecule has 19 heavy (non-hydrogen) atoms. The summed E-state index contributed by atoms with van der Waals surface area (Å²) in [5.41, 5.74) is 13.2. The monoisotopic (exact) mass is 264 g/mol. The lowest BCUT2D eigenvalue weighted by Gasteiger charge is -2.25. The SMILES string of the molecule is Cc1cc(C)c(C(N)=O)c(NCC(C)(C)CCN)n1. The van der Waals surface area contributed by atoms with E-state index in [1.165, 1.54) is 0 Å². The third-order valence-electron chi connectivity index (χ3n) is 3.15. The minimum Gasteiger partial charge on any atom is -0.369 e. The number of nitrogens with one attached hydrogen (secondary N) is 1. The van der Waals surface area contributed by atoms with Crippen LogP contribution in [-0.4, -0.2) is 24.0 Å². The number of primary amides is 1. The average molecular weight is 264 g/mol. The Kier molecular flexibility index (Phi) is 4.89. The van der Waals surface area contributed by atoms with Crippen LogP contribution in [0.15, 0.2) is 6.07 Å². The zero-order chi connectivity index (χ0) is 14.6. The molecule has 1 aromatic heterocycles. The average Bonchev–Trinajstić information content (AvgIpc) is 2.24. The number of rotatable bonds is 6.